The molecule has 1 saturated carbocycles. The van der Waals surface area contributed by atoms with E-state index in [2.05, 4.69) is 5.43 Å². The standard InChI is InChI=1S/C37H35N3O7/c1-20-11-13-23(14-12-20)38-40-34(45)28-19-27-24(15-16-25-30(27)35(46)39(33(25)44)18-17-29(41)42)31(26-10-6-7-21(2)32(26)43)37(28,36(40)47)22-8-4-3-5-9-22/h3-15,25,27-28,30-31,38,43H,16-19H2,1-2H3,(H,41,42)/t25-,27+,28-,30-,31+,37+/m0/s1. The molecule has 2 saturated heterocycles. The number of imide groups is 2. The molecule has 47 heavy (non-hydrogen) atoms. The summed E-state index contributed by atoms with van der Waals surface area (Å²) in [5, 5.41) is 22.0. The Morgan fingerprint density at radius 3 is 2.32 bits per heavy atom. The highest BCUT2D eigenvalue weighted by Crippen LogP contribution is 2.65. The lowest BCUT2D eigenvalue weighted by Crippen LogP contribution is -2.53. The molecule has 7 rings (SSSR count). The molecule has 6 atom stereocenters. The molecule has 10 nitrogen and oxygen atoms in total. The fourth-order valence-electron chi connectivity index (χ4n) is 8.50. The van der Waals surface area contributed by atoms with Crippen LogP contribution in [0, 0.1) is 37.5 Å². The van der Waals surface area contributed by atoms with Crippen LogP contribution in [0.3, 0.4) is 0 Å². The Bertz CT molecular complexity index is 1850. The summed E-state index contributed by atoms with van der Waals surface area (Å²) in [4.78, 5) is 69.6. The van der Waals surface area contributed by atoms with Gasteiger partial charge in [0.25, 0.3) is 11.8 Å². The van der Waals surface area contributed by atoms with E-state index in [9.17, 15) is 29.4 Å². The number of phenols is 1. The van der Waals surface area contributed by atoms with Crippen LogP contribution in [0.25, 0.3) is 0 Å². The molecule has 3 aromatic rings. The van der Waals surface area contributed by atoms with Crippen molar-refractivity contribution in [3.63, 3.8) is 0 Å². The van der Waals surface area contributed by atoms with Gasteiger partial charge in [0.15, 0.2) is 0 Å². The first-order valence-electron chi connectivity index (χ1n) is 15.9. The average molecular weight is 634 g/mol. The Hall–Kier alpha value is -5.25. The van der Waals surface area contributed by atoms with Crippen molar-refractivity contribution in [3.05, 3.63) is 107 Å². The van der Waals surface area contributed by atoms with Crippen molar-refractivity contribution >= 4 is 35.3 Å². The van der Waals surface area contributed by atoms with Crippen LogP contribution in [0.15, 0.2) is 84.4 Å². The highest BCUT2D eigenvalue weighted by atomic mass is 16.4. The summed E-state index contributed by atoms with van der Waals surface area (Å²) >= 11 is 0. The third-order valence-corrected chi connectivity index (χ3v) is 10.6. The van der Waals surface area contributed by atoms with Crippen molar-refractivity contribution in [2.45, 2.75) is 44.4 Å². The van der Waals surface area contributed by atoms with Crippen LogP contribution in [-0.2, 0) is 29.4 Å². The van der Waals surface area contributed by atoms with E-state index in [1.54, 1.807) is 37.3 Å². The minimum Gasteiger partial charge on any atom is -0.507 e. The zero-order valence-electron chi connectivity index (χ0n) is 26.1. The number of anilines is 1. The number of carbonyl (C=O) groups is 5. The Labute approximate surface area is 271 Å². The van der Waals surface area contributed by atoms with Gasteiger partial charge in [-0.25, -0.2) is 0 Å². The second-order valence-corrected chi connectivity index (χ2v) is 13.1. The predicted octanol–water partition coefficient (Wildman–Crippen LogP) is 4.47. The zero-order valence-corrected chi connectivity index (χ0v) is 26.1. The van der Waals surface area contributed by atoms with Crippen LogP contribution in [0.2, 0.25) is 0 Å². The Kier molecular flexibility index (Phi) is 7.26. The van der Waals surface area contributed by atoms with Crippen molar-refractivity contribution in [1.29, 1.82) is 0 Å². The average Bonchev–Trinajstić information content (AvgIpc) is 3.43. The fraction of sp³-hybridized carbons (Fsp3) is 0.324. The first-order chi connectivity index (χ1) is 22.5. The number of hydrogen-bond donors (Lipinski definition) is 3. The summed E-state index contributed by atoms with van der Waals surface area (Å²) in [6.07, 6.45) is 1.89. The van der Waals surface area contributed by atoms with Gasteiger partial charge in [-0.15, -0.1) is 0 Å². The van der Waals surface area contributed by atoms with Crippen LogP contribution in [0.4, 0.5) is 5.69 Å². The molecule has 0 aromatic heterocycles. The number of hydrazine groups is 1. The lowest BCUT2D eigenvalue weighted by molar-refractivity contribution is -0.143. The number of aryl methyl sites for hydroxylation is 2. The molecule has 4 amide bonds. The number of fused-ring (bicyclic) bond motifs is 4. The van der Waals surface area contributed by atoms with Crippen LogP contribution >= 0.6 is 0 Å². The van der Waals surface area contributed by atoms with Crippen LogP contribution in [0.5, 0.6) is 5.75 Å². The van der Waals surface area contributed by atoms with Gasteiger partial charge in [0.05, 0.1) is 35.3 Å². The molecule has 3 N–H and O–H groups in total. The number of allylic oxidation sites excluding steroid dienone is 2. The molecule has 0 bridgehead atoms. The highest BCUT2D eigenvalue weighted by Gasteiger charge is 2.70. The normalized spacial score (nSPS) is 28.1. The van der Waals surface area contributed by atoms with E-state index in [4.69, 9.17) is 0 Å². The van der Waals surface area contributed by atoms with Crippen molar-refractivity contribution < 1.29 is 34.2 Å². The van der Waals surface area contributed by atoms with Gasteiger partial charge < -0.3 is 10.2 Å². The number of aliphatic carboxylic acids is 1. The van der Waals surface area contributed by atoms with E-state index in [0.717, 1.165) is 21.0 Å². The summed E-state index contributed by atoms with van der Waals surface area (Å²) < 4.78 is 0. The Morgan fingerprint density at radius 1 is 0.894 bits per heavy atom. The van der Waals surface area contributed by atoms with E-state index in [0.29, 0.717) is 22.4 Å². The second kappa shape index (κ2) is 11.2. The highest BCUT2D eigenvalue weighted by molar-refractivity contribution is 6.13. The lowest BCUT2D eigenvalue weighted by atomic mass is 9.49. The number of nitrogens with one attached hydrogen (secondary N) is 1. The molecule has 2 heterocycles. The van der Waals surface area contributed by atoms with Gasteiger partial charge in [-0.1, -0.05) is 77.9 Å². The van der Waals surface area contributed by atoms with Gasteiger partial charge in [0.1, 0.15) is 5.75 Å². The van der Waals surface area contributed by atoms with Crippen molar-refractivity contribution in [1.82, 2.24) is 9.91 Å². The predicted molar refractivity (Wildman–Crippen MR) is 171 cm³/mol. The molecule has 0 spiro atoms. The molecule has 4 aliphatic rings. The van der Waals surface area contributed by atoms with Gasteiger partial charge in [-0.3, -0.25) is 34.3 Å². The monoisotopic (exact) mass is 633 g/mol. The van der Waals surface area contributed by atoms with Crippen LogP contribution in [0.1, 0.15) is 47.4 Å². The number of carbonyl (C=O) groups excluding carboxylic acids is 4. The van der Waals surface area contributed by atoms with E-state index < -0.39 is 64.6 Å². The molecule has 240 valence electrons. The maximum absolute atomic E-state index is 15.1. The Morgan fingerprint density at radius 2 is 1.62 bits per heavy atom. The van der Waals surface area contributed by atoms with E-state index in [1.807, 2.05) is 55.5 Å². The number of phenolic OH excluding ortho intramolecular Hbond substituents is 1. The number of nitrogens with zero attached hydrogens (tertiary/aromatic N) is 2. The first-order valence-corrected chi connectivity index (χ1v) is 15.9. The molecule has 0 unspecified atom stereocenters. The minimum atomic E-state index is -1.48. The van der Waals surface area contributed by atoms with E-state index in [1.165, 1.54) is 0 Å². The van der Waals surface area contributed by atoms with E-state index >= 15 is 4.79 Å². The number of carboxylic acids is 1. The van der Waals surface area contributed by atoms with Crippen LogP contribution in [-0.4, -0.2) is 56.3 Å². The summed E-state index contributed by atoms with van der Waals surface area (Å²) in [6.45, 7) is 3.48. The number of rotatable bonds is 7. The quantitative estimate of drug-likeness (QED) is 0.256. The number of amides is 4. The third kappa shape index (κ3) is 4.49. The smallest absolute Gasteiger partial charge is 0.305 e. The SMILES string of the molecule is Cc1ccc(NN2C(=O)[C@@H]3C[C@@H]4C(=CC[C@@H]5C(=O)N(CCC(=O)O)C(=O)[C@@H]54)[C@H](c4cccc(C)c4O)[C@]3(c3ccccc3)C2=O)cc1. The van der Waals surface area contributed by atoms with Gasteiger partial charge in [0, 0.05) is 18.0 Å². The number of carboxylic acid groups (broad SMARTS) is 1. The van der Waals surface area contributed by atoms with Crippen molar-refractivity contribution in [2.24, 2.45) is 23.7 Å². The van der Waals surface area contributed by atoms with Gasteiger partial charge in [-0.05, 0) is 55.9 Å². The molecule has 10 heteroatoms. The Balaban J connectivity index is 1.43. The van der Waals surface area contributed by atoms with Crippen molar-refractivity contribution in [3.8, 4) is 5.75 Å². The fourth-order valence-corrected chi connectivity index (χ4v) is 8.50. The summed E-state index contributed by atoms with van der Waals surface area (Å²) in [5.74, 6) is -6.82. The number of likely N-dealkylation sites (tertiary alicyclic amines) is 1. The maximum Gasteiger partial charge on any atom is 0.305 e. The zero-order chi connectivity index (χ0) is 33.2. The number of para-hydroxylation sites is 1. The molecular weight excluding hydrogens is 598 g/mol. The molecule has 3 aromatic carbocycles. The first kappa shape index (κ1) is 30.4. The van der Waals surface area contributed by atoms with Gasteiger partial charge in [0.2, 0.25) is 11.8 Å². The summed E-state index contributed by atoms with van der Waals surface area (Å²) in [7, 11) is 0. The van der Waals surface area contributed by atoms with Gasteiger partial charge >= 0.3 is 5.97 Å². The molecular formula is C37H35N3O7. The molecule has 2 aliphatic carbocycles. The summed E-state index contributed by atoms with van der Waals surface area (Å²) in [6, 6.07) is 21.8. The van der Waals surface area contributed by atoms with E-state index in [-0.39, 0.29) is 31.6 Å². The largest absolute Gasteiger partial charge is 0.507 e. The third-order valence-electron chi connectivity index (χ3n) is 10.6. The minimum absolute atomic E-state index is 0.00247. The number of aromatic hydroxyl groups is 1. The summed E-state index contributed by atoms with van der Waals surface area (Å²) in [5.41, 5.74) is 5.54. The molecule has 0 radical (unpaired) electrons. The second-order valence-electron chi connectivity index (χ2n) is 13.1. The van der Waals surface area contributed by atoms with Crippen molar-refractivity contribution in [2.75, 3.05) is 12.0 Å². The number of benzene rings is 3. The van der Waals surface area contributed by atoms with Crippen LogP contribution < -0.4 is 5.43 Å². The topological polar surface area (TPSA) is 144 Å². The van der Waals surface area contributed by atoms with Gasteiger partial charge in [-0.2, -0.15) is 5.01 Å². The lowest BCUT2D eigenvalue weighted by Gasteiger charge is -2.50. The maximum atomic E-state index is 15.1. The molecule has 2 aliphatic heterocycles. The molecule has 3 fully saturated rings. The number of hydrogen-bond acceptors (Lipinski definition) is 7.